The fraction of sp³-hybridized carbons (Fsp3) is 0.455. The first-order valence-electron chi connectivity index (χ1n) is 5.75. The SMILES string of the molecule is CC(C(=O)O)C1CN(C(=O)c2cc([N+](=O)[O-])c[nH]2)C1. The molecule has 0 spiro atoms. The number of amides is 1. The van der Waals surface area contributed by atoms with Gasteiger partial charge in [-0.05, 0) is 0 Å². The molecule has 1 unspecified atom stereocenters. The number of likely N-dealkylation sites (tertiary alicyclic amines) is 1. The topological polar surface area (TPSA) is 117 Å². The van der Waals surface area contributed by atoms with Crippen molar-refractivity contribution in [2.45, 2.75) is 6.92 Å². The molecule has 8 nitrogen and oxygen atoms in total. The van der Waals surface area contributed by atoms with Crippen LogP contribution in [0, 0.1) is 22.0 Å². The van der Waals surface area contributed by atoms with E-state index in [2.05, 4.69) is 4.98 Å². The molecule has 102 valence electrons. The van der Waals surface area contributed by atoms with Gasteiger partial charge in [0.2, 0.25) is 0 Å². The van der Waals surface area contributed by atoms with E-state index in [0.29, 0.717) is 13.1 Å². The number of carbonyl (C=O) groups is 2. The minimum atomic E-state index is -0.882. The van der Waals surface area contributed by atoms with Gasteiger partial charge < -0.3 is 15.0 Å². The molecule has 0 aliphatic carbocycles. The van der Waals surface area contributed by atoms with Gasteiger partial charge in [-0.2, -0.15) is 0 Å². The van der Waals surface area contributed by atoms with Crippen molar-refractivity contribution in [2.75, 3.05) is 13.1 Å². The molecule has 1 aromatic heterocycles. The smallest absolute Gasteiger partial charge is 0.306 e. The lowest BCUT2D eigenvalue weighted by atomic mass is 9.87. The van der Waals surface area contributed by atoms with Gasteiger partial charge in [0, 0.05) is 25.1 Å². The molecule has 1 fully saturated rings. The summed E-state index contributed by atoms with van der Waals surface area (Å²) in [4.78, 5) is 36.6. The molecule has 0 aromatic carbocycles. The van der Waals surface area contributed by atoms with Crippen LogP contribution in [0.4, 0.5) is 5.69 Å². The lowest BCUT2D eigenvalue weighted by Crippen LogP contribution is -2.53. The lowest BCUT2D eigenvalue weighted by molar-refractivity contribution is -0.384. The molecule has 0 saturated carbocycles. The number of H-pyrrole nitrogens is 1. The third kappa shape index (κ3) is 2.42. The van der Waals surface area contributed by atoms with Gasteiger partial charge in [-0.25, -0.2) is 0 Å². The fourth-order valence-electron chi connectivity index (χ4n) is 1.98. The van der Waals surface area contributed by atoms with Crippen LogP contribution in [0.3, 0.4) is 0 Å². The average molecular weight is 267 g/mol. The summed E-state index contributed by atoms with van der Waals surface area (Å²) in [6, 6.07) is 1.18. The van der Waals surface area contributed by atoms with Gasteiger partial charge in [0.25, 0.3) is 11.6 Å². The monoisotopic (exact) mass is 267 g/mol. The number of hydrogen-bond acceptors (Lipinski definition) is 4. The molecule has 1 aliphatic rings. The average Bonchev–Trinajstić information content (AvgIpc) is 2.75. The van der Waals surface area contributed by atoms with E-state index in [9.17, 15) is 19.7 Å². The Labute approximate surface area is 108 Å². The first kappa shape index (κ1) is 13.1. The fourth-order valence-corrected chi connectivity index (χ4v) is 1.98. The standard InChI is InChI=1S/C11H13N3O5/c1-6(11(16)17)7-4-13(5-7)10(15)9-2-8(3-12-9)14(18)19/h2-3,6-7,12H,4-5H2,1H3,(H,16,17). The Morgan fingerprint density at radius 2 is 2.21 bits per heavy atom. The summed E-state index contributed by atoms with van der Waals surface area (Å²) in [5.74, 6) is -1.79. The van der Waals surface area contributed by atoms with Crippen molar-refractivity contribution in [1.29, 1.82) is 0 Å². The summed E-state index contributed by atoms with van der Waals surface area (Å²) >= 11 is 0. The lowest BCUT2D eigenvalue weighted by Gasteiger charge is -2.40. The molecule has 2 heterocycles. The summed E-state index contributed by atoms with van der Waals surface area (Å²) in [7, 11) is 0. The minimum Gasteiger partial charge on any atom is -0.481 e. The number of hydrogen-bond donors (Lipinski definition) is 2. The number of aliphatic carboxylic acids is 1. The van der Waals surface area contributed by atoms with E-state index in [4.69, 9.17) is 5.11 Å². The molecule has 0 radical (unpaired) electrons. The minimum absolute atomic E-state index is 0.0635. The molecule has 2 rings (SSSR count). The zero-order valence-electron chi connectivity index (χ0n) is 10.2. The van der Waals surface area contributed by atoms with Crippen LogP contribution < -0.4 is 0 Å². The number of rotatable bonds is 4. The summed E-state index contributed by atoms with van der Waals surface area (Å²) in [5, 5.41) is 19.3. The molecule has 2 N–H and O–H groups in total. The van der Waals surface area contributed by atoms with E-state index in [0.717, 1.165) is 6.20 Å². The van der Waals surface area contributed by atoms with E-state index in [-0.39, 0.29) is 23.2 Å². The van der Waals surface area contributed by atoms with Crippen LogP contribution in [0.5, 0.6) is 0 Å². The molecule has 1 aromatic rings. The second-order valence-corrected chi connectivity index (χ2v) is 4.63. The Bertz CT molecular complexity index is 532. The molecule has 1 aliphatic heterocycles. The highest BCUT2D eigenvalue weighted by molar-refractivity contribution is 5.93. The number of nitrogens with one attached hydrogen (secondary N) is 1. The molecular weight excluding hydrogens is 254 g/mol. The number of carboxylic acid groups (broad SMARTS) is 1. The van der Waals surface area contributed by atoms with Crippen molar-refractivity contribution < 1.29 is 19.6 Å². The zero-order chi connectivity index (χ0) is 14.2. The molecule has 1 amide bonds. The molecule has 0 bridgehead atoms. The second-order valence-electron chi connectivity index (χ2n) is 4.63. The highest BCUT2D eigenvalue weighted by Gasteiger charge is 2.38. The molecule has 8 heteroatoms. The number of nitro groups is 1. The number of nitrogens with zero attached hydrogens (tertiary/aromatic N) is 2. The van der Waals surface area contributed by atoms with Gasteiger partial charge in [-0.3, -0.25) is 19.7 Å². The normalized spacial score (nSPS) is 16.8. The molecular formula is C11H13N3O5. The van der Waals surface area contributed by atoms with E-state index in [1.807, 2.05) is 0 Å². The number of aromatic amines is 1. The van der Waals surface area contributed by atoms with E-state index in [1.54, 1.807) is 6.92 Å². The van der Waals surface area contributed by atoms with Crippen LogP contribution in [-0.2, 0) is 4.79 Å². The van der Waals surface area contributed by atoms with E-state index >= 15 is 0 Å². The van der Waals surface area contributed by atoms with Crippen molar-refractivity contribution in [3.8, 4) is 0 Å². The Balaban J connectivity index is 1.96. The van der Waals surface area contributed by atoms with E-state index in [1.165, 1.54) is 11.0 Å². The van der Waals surface area contributed by atoms with Gasteiger partial charge in [-0.15, -0.1) is 0 Å². The van der Waals surface area contributed by atoms with Crippen molar-refractivity contribution in [2.24, 2.45) is 11.8 Å². The summed E-state index contributed by atoms with van der Waals surface area (Å²) in [6.07, 6.45) is 1.16. The highest BCUT2D eigenvalue weighted by Crippen LogP contribution is 2.26. The van der Waals surface area contributed by atoms with Crippen molar-refractivity contribution in [1.82, 2.24) is 9.88 Å². The third-order valence-electron chi connectivity index (χ3n) is 3.40. The maximum absolute atomic E-state index is 11.9. The zero-order valence-corrected chi connectivity index (χ0v) is 10.2. The molecule has 1 atom stereocenters. The summed E-state index contributed by atoms with van der Waals surface area (Å²) in [5.41, 5.74) is -0.0209. The van der Waals surface area contributed by atoms with Crippen LogP contribution in [-0.4, -0.2) is 44.9 Å². The van der Waals surface area contributed by atoms with Crippen LogP contribution in [0.25, 0.3) is 0 Å². The van der Waals surface area contributed by atoms with Gasteiger partial charge in [0.15, 0.2) is 0 Å². The Kier molecular flexibility index (Phi) is 3.24. The summed E-state index contributed by atoms with van der Waals surface area (Å²) in [6.45, 7) is 2.33. The maximum atomic E-state index is 11.9. The quantitative estimate of drug-likeness (QED) is 0.615. The van der Waals surface area contributed by atoms with Crippen molar-refractivity contribution >= 4 is 17.6 Å². The van der Waals surface area contributed by atoms with Crippen LogP contribution in [0.2, 0.25) is 0 Å². The third-order valence-corrected chi connectivity index (χ3v) is 3.40. The van der Waals surface area contributed by atoms with Crippen molar-refractivity contribution in [3.05, 3.63) is 28.1 Å². The Morgan fingerprint density at radius 3 is 2.68 bits per heavy atom. The van der Waals surface area contributed by atoms with Gasteiger partial charge in [-0.1, -0.05) is 6.92 Å². The number of aromatic nitrogens is 1. The van der Waals surface area contributed by atoms with Gasteiger partial charge in [0.1, 0.15) is 5.69 Å². The predicted molar refractivity (Wildman–Crippen MR) is 63.6 cm³/mol. The Morgan fingerprint density at radius 1 is 1.58 bits per heavy atom. The first-order chi connectivity index (χ1) is 8.90. The largest absolute Gasteiger partial charge is 0.481 e. The highest BCUT2D eigenvalue weighted by atomic mass is 16.6. The number of carboxylic acids is 1. The predicted octanol–water partition coefficient (Wildman–Crippen LogP) is 0.716. The second kappa shape index (κ2) is 4.71. The van der Waals surface area contributed by atoms with E-state index < -0.39 is 16.8 Å². The maximum Gasteiger partial charge on any atom is 0.306 e. The summed E-state index contributed by atoms with van der Waals surface area (Å²) < 4.78 is 0. The van der Waals surface area contributed by atoms with Crippen LogP contribution in [0.15, 0.2) is 12.3 Å². The van der Waals surface area contributed by atoms with Crippen LogP contribution in [0.1, 0.15) is 17.4 Å². The van der Waals surface area contributed by atoms with Gasteiger partial charge >= 0.3 is 5.97 Å². The first-order valence-corrected chi connectivity index (χ1v) is 5.75. The van der Waals surface area contributed by atoms with Crippen molar-refractivity contribution in [3.63, 3.8) is 0 Å². The Hall–Kier alpha value is -2.38. The van der Waals surface area contributed by atoms with Gasteiger partial charge in [0.05, 0.1) is 17.0 Å². The van der Waals surface area contributed by atoms with Crippen LogP contribution >= 0.6 is 0 Å². The molecule has 1 saturated heterocycles. The number of carbonyl (C=O) groups excluding carboxylic acids is 1. The molecule has 19 heavy (non-hydrogen) atoms.